The van der Waals surface area contributed by atoms with Crippen molar-refractivity contribution >= 4 is 21.6 Å². The van der Waals surface area contributed by atoms with Crippen LogP contribution in [0.5, 0.6) is 0 Å². The summed E-state index contributed by atoms with van der Waals surface area (Å²) in [6, 6.07) is 5.75. The van der Waals surface area contributed by atoms with Crippen molar-refractivity contribution in [2.45, 2.75) is 12.7 Å². The van der Waals surface area contributed by atoms with Crippen molar-refractivity contribution < 1.29 is 9.47 Å². The zero-order chi connectivity index (χ0) is 10.6. The first-order valence-corrected chi connectivity index (χ1v) is 5.06. The smallest absolute Gasteiger partial charge is 0.160 e. The summed E-state index contributed by atoms with van der Waals surface area (Å²) in [6.45, 7) is 0. The Morgan fingerprint density at radius 1 is 1.36 bits per heavy atom. The highest BCUT2D eigenvalue weighted by molar-refractivity contribution is 9.10. The highest BCUT2D eigenvalue weighted by Crippen LogP contribution is 2.20. The summed E-state index contributed by atoms with van der Waals surface area (Å²) < 4.78 is 11.2. The molecule has 0 saturated heterocycles. The van der Waals surface area contributed by atoms with Crippen LogP contribution in [0.2, 0.25) is 0 Å². The summed E-state index contributed by atoms with van der Waals surface area (Å²) in [4.78, 5) is 0. The average Bonchev–Trinajstić information content (AvgIpc) is 2.19. The Kier molecular flexibility index (Phi) is 4.38. The van der Waals surface area contributed by atoms with Gasteiger partial charge in [0.1, 0.15) is 0 Å². The van der Waals surface area contributed by atoms with Crippen LogP contribution >= 0.6 is 15.9 Å². The number of hydrogen-bond donors (Lipinski definition) is 1. The first-order chi connectivity index (χ1) is 6.67. The van der Waals surface area contributed by atoms with Crippen molar-refractivity contribution in [2.75, 3.05) is 20.0 Å². The lowest BCUT2D eigenvalue weighted by Gasteiger charge is -2.14. The van der Waals surface area contributed by atoms with Crippen molar-refractivity contribution in [1.82, 2.24) is 0 Å². The normalized spacial score (nSPS) is 10.9. The lowest BCUT2D eigenvalue weighted by Crippen LogP contribution is -2.16. The van der Waals surface area contributed by atoms with E-state index in [1.165, 1.54) is 0 Å². The third kappa shape index (κ3) is 2.97. The van der Waals surface area contributed by atoms with Gasteiger partial charge in [0.25, 0.3) is 0 Å². The molecule has 0 aromatic heterocycles. The van der Waals surface area contributed by atoms with Crippen LogP contribution < -0.4 is 5.73 Å². The van der Waals surface area contributed by atoms with E-state index in [4.69, 9.17) is 15.2 Å². The van der Waals surface area contributed by atoms with Crippen LogP contribution in [-0.4, -0.2) is 20.5 Å². The van der Waals surface area contributed by atoms with Gasteiger partial charge in [0.2, 0.25) is 0 Å². The summed E-state index contributed by atoms with van der Waals surface area (Å²) in [5.41, 5.74) is 7.59. The minimum Gasteiger partial charge on any atom is -0.399 e. The van der Waals surface area contributed by atoms with Crippen molar-refractivity contribution in [2.24, 2.45) is 0 Å². The van der Waals surface area contributed by atoms with E-state index in [1.807, 2.05) is 18.2 Å². The van der Waals surface area contributed by atoms with Gasteiger partial charge in [0, 0.05) is 30.8 Å². The van der Waals surface area contributed by atoms with Crippen molar-refractivity contribution in [3.05, 3.63) is 28.2 Å². The maximum atomic E-state index is 5.82. The monoisotopic (exact) mass is 259 g/mol. The van der Waals surface area contributed by atoms with Gasteiger partial charge >= 0.3 is 0 Å². The molecule has 1 aromatic rings. The molecule has 0 spiro atoms. The predicted octanol–water partition coefficient (Wildman–Crippen LogP) is 2.19. The summed E-state index contributed by atoms with van der Waals surface area (Å²) in [7, 11) is 3.23. The van der Waals surface area contributed by atoms with Gasteiger partial charge in [-0.25, -0.2) is 0 Å². The lowest BCUT2D eigenvalue weighted by atomic mass is 10.1. The number of nitrogens with two attached hydrogens (primary N) is 1. The van der Waals surface area contributed by atoms with Gasteiger partial charge < -0.3 is 15.2 Å². The fourth-order valence-corrected chi connectivity index (χ4v) is 1.60. The Morgan fingerprint density at radius 3 is 2.57 bits per heavy atom. The molecule has 1 rings (SSSR count). The Morgan fingerprint density at radius 2 is 2.00 bits per heavy atom. The van der Waals surface area contributed by atoms with E-state index >= 15 is 0 Å². The van der Waals surface area contributed by atoms with Gasteiger partial charge in [-0.15, -0.1) is 0 Å². The Balaban J connectivity index is 2.79. The highest BCUT2D eigenvalue weighted by Gasteiger charge is 2.09. The first-order valence-electron chi connectivity index (χ1n) is 4.27. The molecule has 0 aliphatic heterocycles. The number of benzene rings is 1. The van der Waals surface area contributed by atoms with Gasteiger partial charge in [-0.2, -0.15) is 0 Å². The fourth-order valence-electron chi connectivity index (χ4n) is 1.19. The van der Waals surface area contributed by atoms with Crippen LogP contribution in [-0.2, 0) is 15.9 Å². The van der Waals surface area contributed by atoms with E-state index in [0.717, 1.165) is 15.7 Å². The summed E-state index contributed by atoms with van der Waals surface area (Å²) in [5, 5.41) is 0. The zero-order valence-corrected chi connectivity index (χ0v) is 9.87. The summed E-state index contributed by atoms with van der Waals surface area (Å²) in [6.07, 6.45) is 0.407. The number of nitrogen functional groups attached to an aromatic ring is 1. The van der Waals surface area contributed by atoms with E-state index in [9.17, 15) is 0 Å². The number of rotatable bonds is 4. The maximum absolute atomic E-state index is 5.82. The largest absolute Gasteiger partial charge is 0.399 e. The molecule has 3 nitrogen and oxygen atoms in total. The van der Waals surface area contributed by atoms with Crippen LogP contribution in [0.25, 0.3) is 0 Å². The SMILES string of the molecule is COC(Cc1cc(Br)ccc1N)OC. The number of hydrogen-bond acceptors (Lipinski definition) is 3. The van der Waals surface area contributed by atoms with Gasteiger partial charge in [-0.1, -0.05) is 15.9 Å². The van der Waals surface area contributed by atoms with Crippen LogP contribution in [0.1, 0.15) is 5.56 Å². The Bertz CT molecular complexity index is 300. The number of methoxy groups -OCH3 is 2. The van der Waals surface area contributed by atoms with E-state index in [1.54, 1.807) is 14.2 Å². The fraction of sp³-hybridized carbons (Fsp3) is 0.400. The third-order valence-corrected chi connectivity index (χ3v) is 2.51. The van der Waals surface area contributed by atoms with E-state index < -0.39 is 0 Å². The number of halogens is 1. The molecule has 0 aliphatic rings. The minimum absolute atomic E-state index is 0.244. The molecule has 0 saturated carbocycles. The van der Waals surface area contributed by atoms with Gasteiger partial charge in [-0.05, 0) is 23.8 Å². The van der Waals surface area contributed by atoms with Crippen LogP contribution in [0.3, 0.4) is 0 Å². The maximum Gasteiger partial charge on any atom is 0.160 e. The molecule has 0 fully saturated rings. The highest BCUT2D eigenvalue weighted by atomic mass is 79.9. The lowest BCUT2D eigenvalue weighted by molar-refractivity contribution is -0.100. The number of anilines is 1. The van der Waals surface area contributed by atoms with Crippen molar-refractivity contribution in [3.63, 3.8) is 0 Å². The molecule has 0 bridgehead atoms. The molecule has 0 amide bonds. The Hall–Kier alpha value is -0.580. The molecule has 0 unspecified atom stereocenters. The van der Waals surface area contributed by atoms with Crippen LogP contribution in [0.15, 0.2) is 22.7 Å². The second kappa shape index (κ2) is 5.34. The van der Waals surface area contributed by atoms with Crippen molar-refractivity contribution in [3.8, 4) is 0 Å². The van der Waals surface area contributed by atoms with E-state index in [2.05, 4.69) is 15.9 Å². The van der Waals surface area contributed by atoms with E-state index in [0.29, 0.717) is 6.42 Å². The molecular formula is C10H14BrNO2. The van der Waals surface area contributed by atoms with Crippen LogP contribution in [0.4, 0.5) is 5.69 Å². The molecule has 14 heavy (non-hydrogen) atoms. The Labute approximate surface area is 92.3 Å². The standard InChI is InChI=1S/C10H14BrNO2/c1-13-10(14-2)6-7-5-8(11)3-4-9(7)12/h3-5,10H,6,12H2,1-2H3. The molecule has 4 heteroatoms. The molecule has 1 aromatic carbocycles. The second-order valence-electron chi connectivity index (χ2n) is 2.95. The first kappa shape index (κ1) is 11.5. The van der Waals surface area contributed by atoms with Crippen LogP contribution in [0, 0.1) is 0 Å². The predicted molar refractivity (Wildman–Crippen MR) is 60.1 cm³/mol. The minimum atomic E-state index is -0.244. The molecule has 0 atom stereocenters. The summed E-state index contributed by atoms with van der Waals surface area (Å²) in [5.74, 6) is 0. The molecule has 0 aliphatic carbocycles. The molecular weight excluding hydrogens is 246 g/mol. The quantitative estimate of drug-likeness (QED) is 0.666. The van der Waals surface area contributed by atoms with Gasteiger partial charge in [-0.3, -0.25) is 0 Å². The zero-order valence-electron chi connectivity index (χ0n) is 8.29. The van der Waals surface area contributed by atoms with E-state index in [-0.39, 0.29) is 6.29 Å². The van der Waals surface area contributed by atoms with Gasteiger partial charge in [0.15, 0.2) is 6.29 Å². The molecule has 78 valence electrons. The van der Waals surface area contributed by atoms with Gasteiger partial charge in [0.05, 0.1) is 0 Å². The average molecular weight is 260 g/mol. The topological polar surface area (TPSA) is 44.5 Å². The number of ether oxygens (including phenoxy) is 2. The second-order valence-corrected chi connectivity index (χ2v) is 3.86. The third-order valence-electron chi connectivity index (χ3n) is 2.02. The summed E-state index contributed by atoms with van der Waals surface area (Å²) >= 11 is 3.39. The molecule has 0 radical (unpaired) electrons. The molecule has 2 N–H and O–H groups in total. The molecule has 0 heterocycles. The van der Waals surface area contributed by atoms with Crippen molar-refractivity contribution in [1.29, 1.82) is 0 Å².